The van der Waals surface area contributed by atoms with Crippen molar-refractivity contribution >= 4 is 131 Å². The number of hydrogen-bond donors (Lipinski definition) is 0. The van der Waals surface area contributed by atoms with Gasteiger partial charge in [0.25, 0.3) is 0 Å². The van der Waals surface area contributed by atoms with E-state index in [-0.39, 0.29) is 5.41 Å². The van der Waals surface area contributed by atoms with Crippen molar-refractivity contribution in [2.75, 3.05) is 9.80 Å². The molecule has 0 saturated heterocycles. The van der Waals surface area contributed by atoms with E-state index in [1.54, 1.807) is 0 Å². The quantitative estimate of drug-likeness (QED) is 0.155. The van der Waals surface area contributed by atoms with Crippen LogP contribution >= 0.6 is 11.3 Å². The lowest BCUT2D eigenvalue weighted by Gasteiger charge is -2.47. The first kappa shape index (κ1) is 48.3. The number of thiophene rings is 1. The van der Waals surface area contributed by atoms with Crippen molar-refractivity contribution < 1.29 is 8.83 Å². The average molecular weight is 1110 g/mol. The van der Waals surface area contributed by atoms with Crippen LogP contribution in [-0.4, -0.2) is 0 Å². The molecule has 0 amide bonds. The Morgan fingerprint density at radius 3 is 1.44 bits per heavy atom. The molecule has 402 valence electrons. The number of benzene rings is 13. The van der Waals surface area contributed by atoms with Crippen LogP contribution in [0.15, 0.2) is 264 Å². The Balaban J connectivity index is 1.01. The van der Waals surface area contributed by atoms with Crippen LogP contribution in [0.5, 0.6) is 0 Å². The summed E-state index contributed by atoms with van der Waals surface area (Å²) in [7, 11) is 0. The second-order valence-electron chi connectivity index (χ2n) is 24.0. The fraction of sp³-hybridized carbons (Fsp3) is 0.0750. The summed E-state index contributed by atoms with van der Waals surface area (Å²) in [5.74, 6) is 0. The van der Waals surface area contributed by atoms with Gasteiger partial charge in [-0.25, -0.2) is 0 Å². The van der Waals surface area contributed by atoms with Gasteiger partial charge in [0.15, 0.2) is 11.2 Å². The van der Waals surface area contributed by atoms with Gasteiger partial charge >= 0.3 is 0 Å². The molecule has 0 bridgehead atoms. The van der Waals surface area contributed by atoms with Gasteiger partial charge in [-0.1, -0.05) is 207 Å². The molecule has 85 heavy (non-hydrogen) atoms. The zero-order valence-electron chi connectivity index (χ0n) is 47.4. The Morgan fingerprint density at radius 1 is 0.341 bits per heavy atom. The molecule has 18 rings (SSSR count). The molecule has 0 aliphatic heterocycles. The number of hydrogen-bond acceptors (Lipinski definition) is 5. The standard InChI is InChI=1S/C80H54N2O2S/c1-47-35-39-49(40-36-47)81(66-30-17-24-57-53-20-7-14-32-69(53)83-76(57)66)51-43-44-56-60(45-51)52-19-5-6-22-55(52)73-74-65(80(75(56)73)63-28-12-10-26-61(63)79(3,4)62-27-11-13-29-64(62)80)46-68(72-59-23-9-16-34-71(59)85-78(72)74)82(50-41-37-48(2)38-42-50)67-31-18-25-58-54-21-8-15-33-70(54)84-77(58)67/h5-46H,1-4H3. The van der Waals surface area contributed by atoms with Crippen LogP contribution in [-0.2, 0) is 10.8 Å². The average Bonchev–Trinajstić information content (AvgIpc) is 1.55. The van der Waals surface area contributed by atoms with Gasteiger partial charge in [-0.15, -0.1) is 11.3 Å². The molecular formula is C80H54N2O2S. The third kappa shape index (κ3) is 6.56. The molecule has 0 N–H and O–H groups in total. The van der Waals surface area contributed by atoms with E-state index in [1.807, 2.05) is 11.3 Å². The molecule has 2 aliphatic rings. The Bertz CT molecular complexity index is 5460. The highest BCUT2D eigenvalue weighted by molar-refractivity contribution is 7.26. The van der Waals surface area contributed by atoms with Crippen molar-refractivity contribution in [1.29, 1.82) is 0 Å². The molecule has 3 heterocycles. The summed E-state index contributed by atoms with van der Waals surface area (Å²) in [4.78, 5) is 4.91. The first-order chi connectivity index (χ1) is 41.8. The van der Waals surface area contributed by atoms with Crippen LogP contribution in [0, 0.1) is 13.8 Å². The molecule has 3 aromatic heterocycles. The lowest BCUT2D eigenvalue weighted by atomic mass is 9.55. The van der Waals surface area contributed by atoms with Gasteiger partial charge in [0.1, 0.15) is 11.2 Å². The summed E-state index contributed by atoms with van der Waals surface area (Å²) in [6.45, 7) is 9.18. The van der Waals surface area contributed by atoms with Gasteiger partial charge in [-0.3, -0.25) is 0 Å². The molecule has 0 saturated carbocycles. The zero-order chi connectivity index (χ0) is 56.4. The molecule has 0 fully saturated rings. The van der Waals surface area contributed by atoms with Crippen LogP contribution in [0.1, 0.15) is 58.4 Å². The maximum absolute atomic E-state index is 7.05. The van der Waals surface area contributed by atoms with E-state index >= 15 is 0 Å². The van der Waals surface area contributed by atoms with Crippen molar-refractivity contribution in [2.24, 2.45) is 0 Å². The minimum Gasteiger partial charge on any atom is -0.454 e. The smallest absolute Gasteiger partial charge is 0.159 e. The molecule has 5 heteroatoms. The molecule has 0 radical (unpaired) electrons. The van der Waals surface area contributed by atoms with Crippen LogP contribution in [0.25, 0.3) is 96.7 Å². The summed E-state index contributed by atoms with van der Waals surface area (Å²) in [5, 5.41) is 11.7. The highest BCUT2D eigenvalue weighted by atomic mass is 32.1. The number of aryl methyl sites for hydroxylation is 2. The second-order valence-corrected chi connectivity index (χ2v) is 25.0. The first-order valence-electron chi connectivity index (χ1n) is 29.5. The number of para-hydroxylation sites is 4. The normalized spacial score (nSPS) is 13.8. The lowest BCUT2D eigenvalue weighted by Crippen LogP contribution is -2.40. The summed E-state index contributed by atoms with van der Waals surface area (Å²) in [6.07, 6.45) is 0. The Hall–Kier alpha value is -10.2. The van der Waals surface area contributed by atoms with Gasteiger partial charge in [0.2, 0.25) is 0 Å². The molecule has 0 unspecified atom stereocenters. The molecule has 16 aromatic rings. The number of rotatable bonds is 6. The summed E-state index contributed by atoms with van der Waals surface area (Å²) >= 11 is 1.93. The number of anilines is 6. The Labute approximate surface area is 495 Å². The van der Waals surface area contributed by atoms with Crippen molar-refractivity contribution in [1.82, 2.24) is 0 Å². The van der Waals surface area contributed by atoms with Crippen LogP contribution in [0.3, 0.4) is 0 Å². The fourth-order valence-electron chi connectivity index (χ4n) is 15.3. The predicted molar refractivity (Wildman–Crippen MR) is 357 cm³/mol. The molecule has 13 aromatic carbocycles. The minimum atomic E-state index is -0.795. The number of fused-ring (bicyclic) bond motifs is 24. The van der Waals surface area contributed by atoms with E-state index < -0.39 is 5.41 Å². The van der Waals surface area contributed by atoms with Crippen LogP contribution in [0.2, 0.25) is 0 Å². The summed E-state index contributed by atoms with van der Waals surface area (Å²) in [5.41, 5.74) is 21.5. The van der Waals surface area contributed by atoms with Crippen molar-refractivity contribution in [3.63, 3.8) is 0 Å². The van der Waals surface area contributed by atoms with Crippen molar-refractivity contribution in [3.8, 4) is 11.1 Å². The van der Waals surface area contributed by atoms with Crippen LogP contribution < -0.4 is 9.80 Å². The third-order valence-corrected chi connectivity index (χ3v) is 20.2. The SMILES string of the molecule is Cc1ccc(N(c2ccc3c4c(c5ccccc5c3c2)-c2c(cc(N(c3ccc(C)cc3)c3cccc5c3oc3ccccc35)c3c2sc2ccccc23)C42c3ccccc3C(C)(C)c3ccccc32)c2cccc3c2oc2ccccc23)cc1. The largest absolute Gasteiger partial charge is 0.454 e. The molecule has 0 atom stereocenters. The monoisotopic (exact) mass is 1110 g/mol. The molecule has 4 nitrogen and oxygen atoms in total. The van der Waals surface area contributed by atoms with E-state index in [0.29, 0.717) is 0 Å². The van der Waals surface area contributed by atoms with Gasteiger partial charge in [-0.05, 0) is 147 Å². The van der Waals surface area contributed by atoms with E-state index in [0.717, 1.165) is 78.0 Å². The lowest BCUT2D eigenvalue weighted by molar-refractivity contribution is 0.565. The third-order valence-electron chi connectivity index (χ3n) is 19.0. The van der Waals surface area contributed by atoms with E-state index in [2.05, 4.69) is 292 Å². The maximum Gasteiger partial charge on any atom is 0.159 e. The minimum absolute atomic E-state index is 0.317. The van der Waals surface area contributed by atoms with Crippen molar-refractivity contribution in [2.45, 2.75) is 38.5 Å². The summed E-state index contributed by atoms with van der Waals surface area (Å²) in [6, 6.07) is 95.0. The zero-order valence-corrected chi connectivity index (χ0v) is 48.2. The van der Waals surface area contributed by atoms with E-state index in [4.69, 9.17) is 8.83 Å². The first-order valence-corrected chi connectivity index (χ1v) is 30.3. The van der Waals surface area contributed by atoms with Crippen LogP contribution in [0.4, 0.5) is 34.1 Å². The number of furan rings is 2. The molecular weight excluding hydrogens is 1050 g/mol. The fourth-order valence-corrected chi connectivity index (χ4v) is 16.6. The van der Waals surface area contributed by atoms with E-state index in [9.17, 15) is 0 Å². The summed E-state index contributed by atoms with van der Waals surface area (Å²) < 4.78 is 16.4. The predicted octanol–water partition coefficient (Wildman–Crippen LogP) is 22.7. The highest BCUT2D eigenvalue weighted by Gasteiger charge is 2.55. The Morgan fingerprint density at radius 2 is 0.824 bits per heavy atom. The van der Waals surface area contributed by atoms with E-state index in [1.165, 1.54) is 97.4 Å². The van der Waals surface area contributed by atoms with Gasteiger partial charge < -0.3 is 18.6 Å². The molecule has 2 aliphatic carbocycles. The Kier molecular flexibility index (Phi) is 10.0. The highest BCUT2D eigenvalue weighted by Crippen LogP contribution is 2.68. The maximum atomic E-state index is 7.05. The van der Waals surface area contributed by atoms with Crippen molar-refractivity contribution in [3.05, 3.63) is 299 Å². The topological polar surface area (TPSA) is 32.8 Å². The van der Waals surface area contributed by atoms with Gasteiger partial charge in [0.05, 0.1) is 22.5 Å². The van der Waals surface area contributed by atoms with Gasteiger partial charge in [-0.2, -0.15) is 0 Å². The second kappa shape index (κ2) is 17.7. The number of nitrogens with zero attached hydrogens (tertiary/aromatic N) is 2. The molecule has 1 spiro atoms. The van der Waals surface area contributed by atoms with Gasteiger partial charge in [0, 0.05) is 69.8 Å².